The molecule has 0 saturated carbocycles. The molecule has 0 fully saturated rings. The zero-order chi connectivity index (χ0) is 13.4. The molecule has 102 valence electrons. The summed E-state index contributed by atoms with van der Waals surface area (Å²) in [4.78, 5) is 3.51. The summed E-state index contributed by atoms with van der Waals surface area (Å²) in [5.74, 6) is 0.116. The van der Waals surface area contributed by atoms with E-state index < -0.39 is 12.4 Å². The van der Waals surface area contributed by atoms with Crippen molar-refractivity contribution < 1.29 is 73.8 Å². The van der Waals surface area contributed by atoms with Crippen LogP contribution in [0.15, 0.2) is 18.5 Å². The average molecular weight is 301 g/mol. The Kier molecular flexibility index (Phi) is 10.4. The summed E-state index contributed by atoms with van der Waals surface area (Å²) in [5.41, 5.74) is -0.751. The largest absolute Gasteiger partial charge is 1.00 e. The second-order valence-electron chi connectivity index (χ2n) is 3.84. The molecule has 0 radical (unpaired) electrons. The van der Waals surface area contributed by atoms with E-state index in [1.165, 1.54) is 6.20 Å². The van der Waals surface area contributed by atoms with Crippen LogP contribution in [-0.2, 0) is 4.74 Å². The molecule has 19 heavy (non-hydrogen) atoms. The molecule has 1 rings (SSSR count). The summed E-state index contributed by atoms with van der Waals surface area (Å²) in [6.45, 7) is -1.75. The summed E-state index contributed by atoms with van der Waals surface area (Å²) in [6, 6.07) is 0.957. The van der Waals surface area contributed by atoms with E-state index >= 15 is 0 Å². The number of hydrogen-bond donors (Lipinski definition) is 0. The zero-order valence-electron chi connectivity index (χ0n) is 11.2. The third-order valence-electron chi connectivity index (χ3n) is 2.25. The standard InChI is InChI=1S/C11H16BF3NO2.K/c1-2-3-4-17-5-6-18-11-7-10(8-16-9-11)12(13,14)15;/h7-9H,2-6H2,1H3;/q-1;+1. The molecule has 0 aliphatic heterocycles. The first-order chi connectivity index (χ1) is 8.54. The number of aromatic nitrogens is 1. The van der Waals surface area contributed by atoms with Crippen molar-refractivity contribution in [1.82, 2.24) is 4.98 Å². The fraction of sp³-hybridized carbons (Fsp3) is 0.545. The van der Waals surface area contributed by atoms with Gasteiger partial charge in [-0.3, -0.25) is 4.98 Å². The average Bonchev–Trinajstić information content (AvgIpc) is 2.33. The van der Waals surface area contributed by atoms with Crippen LogP contribution in [0.5, 0.6) is 5.75 Å². The van der Waals surface area contributed by atoms with Gasteiger partial charge in [-0.2, -0.15) is 0 Å². The van der Waals surface area contributed by atoms with Crippen LogP contribution in [-0.4, -0.2) is 31.8 Å². The first-order valence-corrected chi connectivity index (χ1v) is 5.89. The van der Waals surface area contributed by atoms with E-state index in [1.807, 2.05) is 0 Å². The van der Waals surface area contributed by atoms with Crippen molar-refractivity contribution in [2.45, 2.75) is 19.8 Å². The monoisotopic (exact) mass is 301 g/mol. The maximum absolute atomic E-state index is 12.4. The molecule has 3 nitrogen and oxygen atoms in total. The van der Waals surface area contributed by atoms with Crippen LogP contribution < -0.4 is 61.6 Å². The van der Waals surface area contributed by atoms with E-state index in [0.29, 0.717) is 13.2 Å². The number of unbranched alkanes of at least 4 members (excludes halogenated alkanes) is 1. The minimum atomic E-state index is -5.03. The fourth-order valence-electron chi connectivity index (χ4n) is 1.26. The Hall–Kier alpha value is 0.401. The van der Waals surface area contributed by atoms with E-state index in [1.54, 1.807) is 0 Å². The van der Waals surface area contributed by atoms with E-state index in [9.17, 15) is 12.9 Å². The molecule has 1 aromatic heterocycles. The van der Waals surface area contributed by atoms with Crippen LogP contribution in [0.25, 0.3) is 0 Å². The van der Waals surface area contributed by atoms with E-state index in [0.717, 1.165) is 25.1 Å². The van der Waals surface area contributed by atoms with Crippen molar-refractivity contribution in [1.29, 1.82) is 0 Å². The van der Waals surface area contributed by atoms with Crippen LogP contribution in [0.4, 0.5) is 12.9 Å². The van der Waals surface area contributed by atoms with E-state index in [2.05, 4.69) is 11.9 Å². The third-order valence-corrected chi connectivity index (χ3v) is 2.25. The van der Waals surface area contributed by atoms with Gasteiger partial charge in [0.1, 0.15) is 12.4 Å². The van der Waals surface area contributed by atoms with Crippen LogP contribution >= 0.6 is 0 Å². The Labute approximate surface area is 153 Å². The van der Waals surface area contributed by atoms with Crippen LogP contribution in [0, 0.1) is 0 Å². The maximum atomic E-state index is 12.4. The second-order valence-corrected chi connectivity index (χ2v) is 3.84. The summed E-state index contributed by atoms with van der Waals surface area (Å²) >= 11 is 0. The fourth-order valence-corrected chi connectivity index (χ4v) is 1.26. The predicted octanol–water partition coefficient (Wildman–Crippen LogP) is -0.664. The Morgan fingerprint density at radius 2 is 1.89 bits per heavy atom. The Morgan fingerprint density at radius 3 is 2.53 bits per heavy atom. The molecule has 0 spiro atoms. The molecule has 1 aromatic rings. The number of pyridine rings is 1. The molecule has 1 heterocycles. The second kappa shape index (κ2) is 10.2. The van der Waals surface area contributed by atoms with E-state index in [4.69, 9.17) is 9.47 Å². The molecule has 0 aromatic carbocycles. The number of halogens is 3. The molecule has 8 heteroatoms. The Morgan fingerprint density at radius 1 is 1.16 bits per heavy atom. The van der Waals surface area contributed by atoms with Crippen molar-refractivity contribution in [3.8, 4) is 5.75 Å². The summed E-state index contributed by atoms with van der Waals surface area (Å²) in [6.07, 6.45) is 4.07. The van der Waals surface area contributed by atoms with Crippen molar-refractivity contribution in [2.24, 2.45) is 0 Å². The van der Waals surface area contributed by atoms with Gasteiger partial charge in [-0.15, -0.1) is 0 Å². The Bertz CT molecular complexity index is 366. The molecule has 0 aliphatic rings. The SMILES string of the molecule is CCCCOCCOc1cncc([B-](F)(F)F)c1.[K+]. The van der Waals surface area contributed by atoms with Gasteiger partial charge in [-0.1, -0.05) is 18.8 Å². The van der Waals surface area contributed by atoms with Gasteiger partial charge in [-0.05, 0) is 12.5 Å². The number of ether oxygens (including phenoxy) is 2. The number of nitrogens with zero attached hydrogens (tertiary/aromatic N) is 1. The van der Waals surface area contributed by atoms with Gasteiger partial charge in [0.15, 0.2) is 0 Å². The summed E-state index contributed by atoms with van der Waals surface area (Å²) in [7, 11) is 0. The molecular formula is C11H16BF3KNO2. The normalized spacial score (nSPS) is 10.9. The molecule has 0 saturated heterocycles. The van der Waals surface area contributed by atoms with E-state index in [-0.39, 0.29) is 63.7 Å². The first kappa shape index (κ1) is 19.4. The number of hydrogen-bond acceptors (Lipinski definition) is 3. The van der Waals surface area contributed by atoms with Gasteiger partial charge in [0.25, 0.3) is 0 Å². The molecule has 0 amide bonds. The van der Waals surface area contributed by atoms with Gasteiger partial charge < -0.3 is 22.4 Å². The van der Waals surface area contributed by atoms with Gasteiger partial charge in [-0.25, -0.2) is 0 Å². The molecular weight excluding hydrogens is 285 g/mol. The minimum absolute atomic E-state index is 0. The van der Waals surface area contributed by atoms with Crippen LogP contribution in [0.1, 0.15) is 19.8 Å². The third kappa shape index (κ3) is 8.31. The van der Waals surface area contributed by atoms with Crippen LogP contribution in [0.2, 0.25) is 0 Å². The van der Waals surface area contributed by atoms with Crippen molar-refractivity contribution in [3.63, 3.8) is 0 Å². The zero-order valence-corrected chi connectivity index (χ0v) is 14.4. The van der Waals surface area contributed by atoms with Crippen molar-refractivity contribution >= 4 is 12.4 Å². The smallest absolute Gasteiger partial charge is 0.490 e. The predicted molar refractivity (Wildman–Crippen MR) is 64.2 cm³/mol. The molecule has 0 atom stereocenters. The quantitative estimate of drug-likeness (QED) is 0.472. The summed E-state index contributed by atoms with van der Waals surface area (Å²) < 4.78 is 47.7. The molecule has 0 aliphatic carbocycles. The molecule has 0 bridgehead atoms. The van der Waals surface area contributed by atoms with Gasteiger partial charge in [0, 0.05) is 12.8 Å². The molecule has 0 N–H and O–H groups in total. The number of rotatable bonds is 8. The maximum Gasteiger partial charge on any atom is 1.00 e. The summed E-state index contributed by atoms with van der Waals surface area (Å²) in [5, 5.41) is 0. The van der Waals surface area contributed by atoms with Gasteiger partial charge in [0.2, 0.25) is 0 Å². The van der Waals surface area contributed by atoms with Crippen molar-refractivity contribution in [2.75, 3.05) is 19.8 Å². The topological polar surface area (TPSA) is 31.4 Å². The van der Waals surface area contributed by atoms with Crippen molar-refractivity contribution in [3.05, 3.63) is 18.5 Å². The van der Waals surface area contributed by atoms with Gasteiger partial charge in [0.05, 0.1) is 12.8 Å². The minimum Gasteiger partial charge on any atom is -0.490 e. The van der Waals surface area contributed by atoms with Crippen LogP contribution in [0.3, 0.4) is 0 Å². The van der Waals surface area contributed by atoms with Gasteiger partial charge >= 0.3 is 58.4 Å². The first-order valence-electron chi connectivity index (χ1n) is 5.89. The molecule has 0 unspecified atom stereocenters. The Balaban J connectivity index is 0.00000324.